The van der Waals surface area contributed by atoms with E-state index in [2.05, 4.69) is 15.1 Å². The van der Waals surface area contributed by atoms with Gasteiger partial charge in [0.2, 0.25) is 11.8 Å². The fourth-order valence-electron chi connectivity index (χ4n) is 12.0. The quantitative estimate of drug-likeness (QED) is 0.0723. The Balaban J connectivity index is 0.805. The number of piperazine rings is 2. The Hall–Kier alpha value is -8.64. The smallest absolute Gasteiger partial charge is 0.352 e. The summed E-state index contributed by atoms with van der Waals surface area (Å²) >= 11 is 0. The molecule has 6 heterocycles. The van der Waals surface area contributed by atoms with Crippen LogP contribution in [-0.2, 0) is 51.2 Å². The summed E-state index contributed by atoms with van der Waals surface area (Å²) in [6.07, 6.45) is 0.936. The van der Waals surface area contributed by atoms with E-state index in [4.69, 9.17) is 19.3 Å². The molecule has 2 N–H and O–H groups in total. The molecular formula is C61H66N10O12S. The highest BCUT2D eigenvalue weighted by Gasteiger charge is 2.46. The van der Waals surface area contributed by atoms with Crippen LogP contribution in [0, 0.1) is 6.92 Å². The summed E-state index contributed by atoms with van der Waals surface area (Å²) in [5.74, 6) is -2.59. The fourth-order valence-corrected chi connectivity index (χ4v) is 13.1. The van der Waals surface area contributed by atoms with Crippen molar-refractivity contribution in [2.45, 2.75) is 51.8 Å². The van der Waals surface area contributed by atoms with Gasteiger partial charge in [-0.15, -0.1) is 0 Å². The highest BCUT2D eigenvalue weighted by molar-refractivity contribution is 7.86. The third-order valence-electron chi connectivity index (χ3n) is 16.3. The van der Waals surface area contributed by atoms with Crippen molar-refractivity contribution in [1.82, 2.24) is 43.0 Å². The molecule has 3 fully saturated rings. The van der Waals surface area contributed by atoms with Gasteiger partial charge in [-0.2, -0.15) is 22.1 Å². The molecule has 0 bridgehead atoms. The van der Waals surface area contributed by atoms with Crippen molar-refractivity contribution in [3.05, 3.63) is 137 Å². The number of ether oxygens (including phenoxy) is 3. The summed E-state index contributed by atoms with van der Waals surface area (Å²) in [5, 5.41) is 21.2. The maximum atomic E-state index is 13.7. The van der Waals surface area contributed by atoms with Gasteiger partial charge in [-0.25, -0.2) is 4.79 Å². The molecule has 0 saturated carbocycles. The zero-order valence-corrected chi connectivity index (χ0v) is 48.1. The molecule has 23 heteroatoms. The van der Waals surface area contributed by atoms with E-state index in [-0.39, 0.29) is 47.9 Å². The van der Waals surface area contributed by atoms with E-state index in [9.17, 15) is 42.3 Å². The number of hydrogen-bond acceptors (Lipinski definition) is 14. The summed E-state index contributed by atoms with van der Waals surface area (Å²) in [6.45, 7) is 6.29. The van der Waals surface area contributed by atoms with Gasteiger partial charge < -0.3 is 33.7 Å². The van der Waals surface area contributed by atoms with Gasteiger partial charge in [0.25, 0.3) is 27.9 Å². The molecule has 4 aliphatic heterocycles. The number of aromatic carboxylic acids is 1. The van der Waals surface area contributed by atoms with Gasteiger partial charge in [-0.1, -0.05) is 60.7 Å². The first-order valence-corrected chi connectivity index (χ1v) is 29.5. The van der Waals surface area contributed by atoms with Crippen molar-refractivity contribution in [3.8, 4) is 28.4 Å². The van der Waals surface area contributed by atoms with Gasteiger partial charge in [-0.3, -0.25) is 43.8 Å². The molecule has 0 radical (unpaired) electrons. The zero-order valence-electron chi connectivity index (χ0n) is 47.3. The van der Waals surface area contributed by atoms with Gasteiger partial charge in [0.1, 0.15) is 35.6 Å². The molecule has 5 amide bonds. The van der Waals surface area contributed by atoms with E-state index in [0.717, 1.165) is 60.5 Å². The lowest BCUT2D eigenvalue weighted by Crippen LogP contribution is -2.54. The standard InChI is InChI=1S/C61H66N10O12S/c1-39-54(49(65(4)63-39)37-82-42-22-20-41(21-23-42)67-31-33-69(34-32-67)84(79,80)64(2)3)46-15-8-14-44-45(17-10-36-81-50-18-7-12-40-11-5-6-13-43(40)50)57(61(77)78)70(56(44)46)35-28-66-26-29-68(30-27-66)53(73)38-83-51-19-9-16-47-55(51)60(76)71(59(47)75)48-24-25-52(72)62-58(48)74/h5-9,11-16,18-23,48H,10,17,24-38H2,1-4H3,(H,77,78)(H,62,72,74). The van der Waals surface area contributed by atoms with Crippen LogP contribution in [0.25, 0.3) is 32.8 Å². The van der Waals surface area contributed by atoms with E-state index in [1.54, 1.807) is 15.6 Å². The van der Waals surface area contributed by atoms with Crippen LogP contribution in [0.2, 0.25) is 0 Å². The number of carboxylic acid groups (broad SMARTS) is 1. The highest BCUT2D eigenvalue weighted by atomic mass is 32.2. The number of rotatable bonds is 20. The van der Waals surface area contributed by atoms with Crippen molar-refractivity contribution < 1.29 is 56.5 Å². The van der Waals surface area contributed by atoms with Gasteiger partial charge in [-0.05, 0) is 79.6 Å². The Morgan fingerprint density at radius 3 is 2.18 bits per heavy atom. The number of amides is 5. The van der Waals surface area contributed by atoms with E-state index in [1.807, 2.05) is 103 Å². The molecule has 1 unspecified atom stereocenters. The number of hydrogen-bond donors (Lipinski definition) is 2. The number of nitrogens with zero attached hydrogens (tertiary/aromatic N) is 9. The lowest BCUT2D eigenvalue weighted by molar-refractivity contribution is -0.136. The number of aromatic nitrogens is 3. The minimum Gasteiger partial charge on any atom is -0.493 e. The number of imide groups is 2. The minimum absolute atomic E-state index is 0.00408. The minimum atomic E-state index is -3.50. The zero-order chi connectivity index (χ0) is 59.0. The predicted molar refractivity (Wildman–Crippen MR) is 312 cm³/mol. The molecular weight excluding hydrogens is 1100 g/mol. The molecule has 3 saturated heterocycles. The van der Waals surface area contributed by atoms with Crippen LogP contribution >= 0.6 is 0 Å². The van der Waals surface area contributed by atoms with Crippen molar-refractivity contribution >= 4 is 73.1 Å². The highest BCUT2D eigenvalue weighted by Crippen LogP contribution is 2.40. The Kier molecular flexibility index (Phi) is 16.3. The molecule has 438 valence electrons. The molecule has 1 atom stereocenters. The Morgan fingerprint density at radius 2 is 1.44 bits per heavy atom. The summed E-state index contributed by atoms with van der Waals surface area (Å²) in [7, 11) is 1.44. The second-order valence-electron chi connectivity index (χ2n) is 21.5. The van der Waals surface area contributed by atoms with Crippen LogP contribution in [-0.4, -0.2) is 179 Å². The Labute approximate surface area is 485 Å². The van der Waals surface area contributed by atoms with Crippen molar-refractivity contribution in [2.24, 2.45) is 7.05 Å². The topological polar surface area (TPSA) is 239 Å². The number of carbonyl (C=O) groups is 6. The van der Waals surface area contributed by atoms with Crippen molar-refractivity contribution in [2.75, 3.05) is 91.1 Å². The average molecular weight is 1160 g/mol. The number of carboxylic acids is 1. The maximum Gasteiger partial charge on any atom is 0.352 e. The summed E-state index contributed by atoms with van der Waals surface area (Å²) in [6, 6.07) is 31.0. The molecule has 0 aliphatic carbocycles. The Bertz CT molecular complexity index is 3840. The van der Waals surface area contributed by atoms with Crippen molar-refractivity contribution in [3.63, 3.8) is 0 Å². The number of carbonyl (C=O) groups excluding carboxylic acids is 5. The molecule has 22 nitrogen and oxygen atoms in total. The number of anilines is 1. The van der Waals surface area contributed by atoms with E-state index < -0.39 is 52.5 Å². The molecule has 7 aromatic rings. The summed E-state index contributed by atoms with van der Waals surface area (Å²) in [4.78, 5) is 85.8. The molecule has 2 aromatic heterocycles. The third-order valence-corrected chi connectivity index (χ3v) is 18.3. The van der Waals surface area contributed by atoms with E-state index in [1.165, 1.54) is 34.8 Å². The van der Waals surface area contributed by atoms with Gasteiger partial charge in [0.15, 0.2) is 6.61 Å². The maximum absolute atomic E-state index is 13.7. The molecule has 5 aromatic carbocycles. The van der Waals surface area contributed by atoms with Crippen molar-refractivity contribution in [1.29, 1.82) is 0 Å². The first-order valence-electron chi connectivity index (χ1n) is 28.1. The lowest BCUT2D eigenvalue weighted by atomic mass is 9.98. The van der Waals surface area contributed by atoms with Crippen LogP contribution in [0.1, 0.15) is 67.4 Å². The number of fused-ring (bicyclic) bond motifs is 3. The number of piperidine rings is 1. The second kappa shape index (κ2) is 23.9. The molecule has 0 spiro atoms. The van der Waals surface area contributed by atoms with Crippen LogP contribution in [0.15, 0.2) is 103 Å². The SMILES string of the molecule is Cc1nn(C)c(COc2ccc(N3CCN(S(=O)(=O)N(C)C)CC3)cc2)c1-c1cccc2c(CCCOc3cccc4ccccc34)c(C(=O)O)n(CCN3CCN(C(=O)COc4cccc5c4C(=O)N(C4CCC(=O)NC4=O)C5=O)CC3)c12. The second-order valence-corrected chi connectivity index (χ2v) is 23.7. The fraction of sp³-hybridized carbons (Fsp3) is 0.361. The predicted octanol–water partition coefficient (Wildman–Crippen LogP) is 5.35. The number of benzene rings is 5. The van der Waals surface area contributed by atoms with Gasteiger partial charge >= 0.3 is 5.97 Å². The number of para-hydroxylation sites is 1. The lowest BCUT2D eigenvalue weighted by Gasteiger charge is -2.36. The van der Waals surface area contributed by atoms with Crippen LogP contribution in [0.4, 0.5) is 5.69 Å². The first-order chi connectivity index (χ1) is 40.5. The van der Waals surface area contributed by atoms with E-state index >= 15 is 0 Å². The molecule has 84 heavy (non-hydrogen) atoms. The Morgan fingerprint density at radius 1 is 0.750 bits per heavy atom. The monoisotopic (exact) mass is 1160 g/mol. The normalized spacial score (nSPS) is 17.2. The van der Waals surface area contributed by atoms with Crippen LogP contribution < -0.4 is 24.4 Å². The van der Waals surface area contributed by atoms with Crippen LogP contribution in [0.5, 0.6) is 17.2 Å². The first kappa shape index (κ1) is 57.2. The van der Waals surface area contributed by atoms with Gasteiger partial charge in [0, 0.05) is 121 Å². The average Bonchev–Trinajstić information content (AvgIpc) is 4.13. The molecule has 11 rings (SSSR count). The van der Waals surface area contributed by atoms with E-state index in [0.29, 0.717) is 96.2 Å². The number of nitrogens with one attached hydrogen (secondary N) is 1. The van der Waals surface area contributed by atoms with Gasteiger partial charge in [0.05, 0.1) is 34.6 Å². The summed E-state index contributed by atoms with van der Waals surface area (Å²) < 4.78 is 50.7. The largest absolute Gasteiger partial charge is 0.493 e. The molecule has 4 aliphatic rings. The summed E-state index contributed by atoms with van der Waals surface area (Å²) in [5.41, 5.74) is 5.73. The third kappa shape index (κ3) is 11.2. The van der Waals surface area contributed by atoms with Crippen LogP contribution in [0.3, 0.4) is 0 Å². The number of aryl methyl sites for hydroxylation is 3.